The minimum Gasteiger partial charge on any atom is -0.491 e. The van der Waals surface area contributed by atoms with Gasteiger partial charge in [0.1, 0.15) is 11.4 Å². The van der Waals surface area contributed by atoms with Gasteiger partial charge in [0.2, 0.25) is 0 Å². The van der Waals surface area contributed by atoms with Crippen LogP contribution in [0.15, 0.2) is 29.2 Å². The normalized spacial score (nSPS) is 12.2. The van der Waals surface area contributed by atoms with Crippen molar-refractivity contribution in [2.45, 2.75) is 33.2 Å². The predicted molar refractivity (Wildman–Crippen MR) is 84.5 cm³/mol. The summed E-state index contributed by atoms with van der Waals surface area (Å²) in [7, 11) is 0. The van der Waals surface area contributed by atoms with Crippen molar-refractivity contribution in [1.29, 1.82) is 0 Å². The second kappa shape index (κ2) is 5.71. The molecule has 0 fully saturated rings. The Morgan fingerprint density at radius 1 is 1.36 bits per heavy atom. The number of aromatic nitrogens is 2. The Hall–Kier alpha value is -2.50. The second-order valence-corrected chi connectivity index (χ2v) is 5.44. The van der Waals surface area contributed by atoms with E-state index < -0.39 is 0 Å². The zero-order valence-electron chi connectivity index (χ0n) is 12.9. The molecule has 6 heteroatoms. The highest BCUT2D eigenvalue weighted by Gasteiger charge is 2.23. The van der Waals surface area contributed by atoms with Crippen LogP contribution in [0.1, 0.15) is 33.2 Å². The van der Waals surface area contributed by atoms with Gasteiger partial charge >= 0.3 is 5.69 Å². The van der Waals surface area contributed by atoms with Gasteiger partial charge in [0.25, 0.3) is 0 Å². The number of para-hydroxylation sites is 1. The average molecular weight is 301 g/mol. The molecule has 2 heterocycles. The lowest BCUT2D eigenvalue weighted by Gasteiger charge is -2.23. The fourth-order valence-electron chi connectivity index (χ4n) is 2.27. The molecule has 1 aliphatic heterocycles. The minimum absolute atomic E-state index is 0.0227. The van der Waals surface area contributed by atoms with E-state index in [4.69, 9.17) is 9.47 Å². The highest BCUT2D eigenvalue weighted by atomic mass is 16.5. The largest absolute Gasteiger partial charge is 0.491 e. The highest BCUT2D eigenvalue weighted by molar-refractivity contribution is 5.77. The number of nitrogens with zero attached hydrogens (tertiary/aromatic N) is 2. The zero-order chi connectivity index (χ0) is 15.7. The molecule has 0 atom stereocenters. The van der Waals surface area contributed by atoms with Crippen molar-refractivity contribution in [2.24, 2.45) is 0 Å². The molecule has 22 heavy (non-hydrogen) atoms. The Morgan fingerprint density at radius 2 is 2.18 bits per heavy atom. The van der Waals surface area contributed by atoms with E-state index in [1.165, 1.54) is 0 Å². The van der Waals surface area contributed by atoms with Crippen molar-refractivity contribution in [3.63, 3.8) is 0 Å². The first-order valence-electron chi connectivity index (χ1n) is 7.44. The summed E-state index contributed by atoms with van der Waals surface area (Å²) in [6.45, 7) is 6.52. The van der Waals surface area contributed by atoms with Crippen LogP contribution in [0, 0.1) is 0 Å². The number of anilines is 2. The number of benzene rings is 1. The summed E-state index contributed by atoms with van der Waals surface area (Å²) in [5, 5.41) is 3.15. The third kappa shape index (κ3) is 2.52. The molecule has 0 spiro atoms. The smallest absolute Gasteiger partial charge is 0.350 e. The zero-order valence-corrected chi connectivity index (χ0v) is 12.9. The molecule has 0 unspecified atom stereocenters. The van der Waals surface area contributed by atoms with Crippen LogP contribution in [0.25, 0.3) is 0 Å². The van der Waals surface area contributed by atoms with Crippen LogP contribution in [0.2, 0.25) is 0 Å². The fraction of sp³-hybridized carbons (Fsp3) is 0.375. The number of hydrogen-bond acceptors (Lipinski definition) is 5. The Bertz CT molecular complexity index is 753. The Morgan fingerprint density at radius 3 is 2.91 bits per heavy atom. The van der Waals surface area contributed by atoms with Crippen molar-refractivity contribution in [2.75, 3.05) is 11.9 Å². The average Bonchev–Trinajstić information content (AvgIpc) is 2.50. The van der Waals surface area contributed by atoms with Gasteiger partial charge in [0.15, 0.2) is 17.3 Å². The number of rotatable bonds is 4. The molecule has 2 aromatic rings. The molecule has 0 bridgehead atoms. The van der Waals surface area contributed by atoms with Gasteiger partial charge in [-0.05, 0) is 32.4 Å². The molecule has 0 aliphatic carbocycles. The molecule has 0 saturated carbocycles. The molecule has 0 saturated heterocycles. The van der Waals surface area contributed by atoms with Crippen LogP contribution in [0.5, 0.6) is 17.2 Å². The molecule has 116 valence electrons. The molecule has 6 nitrogen and oxygen atoms in total. The van der Waals surface area contributed by atoms with Crippen LogP contribution in [-0.4, -0.2) is 16.2 Å². The quantitative estimate of drug-likeness (QED) is 0.799. The monoisotopic (exact) mass is 301 g/mol. The summed E-state index contributed by atoms with van der Waals surface area (Å²) in [6.07, 6.45) is 2.60. The van der Waals surface area contributed by atoms with Gasteiger partial charge in [-0.1, -0.05) is 13.0 Å². The van der Waals surface area contributed by atoms with Gasteiger partial charge in [-0.2, -0.15) is 4.98 Å². The second-order valence-electron chi connectivity index (χ2n) is 5.44. The maximum absolute atomic E-state index is 12.0. The van der Waals surface area contributed by atoms with E-state index in [-0.39, 0.29) is 11.7 Å². The van der Waals surface area contributed by atoms with E-state index in [2.05, 4.69) is 10.3 Å². The van der Waals surface area contributed by atoms with E-state index in [9.17, 15) is 4.79 Å². The van der Waals surface area contributed by atoms with Gasteiger partial charge in [0.05, 0.1) is 12.8 Å². The first-order chi connectivity index (χ1) is 10.6. The number of fused-ring (bicyclic) bond motifs is 2. The summed E-state index contributed by atoms with van der Waals surface area (Å²) in [4.78, 5) is 16.1. The van der Waals surface area contributed by atoms with Crippen molar-refractivity contribution in [1.82, 2.24) is 9.55 Å². The van der Waals surface area contributed by atoms with Gasteiger partial charge < -0.3 is 14.8 Å². The summed E-state index contributed by atoms with van der Waals surface area (Å²) in [6, 6.07) is 5.62. The SMILES string of the molecule is CCCOc1cccc2c1Nc1nc(=O)n(C(C)C)cc1O2. The van der Waals surface area contributed by atoms with E-state index in [0.29, 0.717) is 35.4 Å². The van der Waals surface area contributed by atoms with Gasteiger partial charge in [-0.15, -0.1) is 0 Å². The van der Waals surface area contributed by atoms with Crippen molar-refractivity contribution in [3.8, 4) is 17.2 Å². The van der Waals surface area contributed by atoms with Crippen LogP contribution < -0.4 is 20.5 Å². The lowest BCUT2D eigenvalue weighted by Crippen LogP contribution is -2.26. The van der Waals surface area contributed by atoms with Crippen molar-refractivity contribution in [3.05, 3.63) is 34.9 Å². The molecular weight excluding hydrogens is 282 g/mol. The first-order valence-corrected chi connectivity index (χ1v) is 7.44. The Labute approximate surface area is 128 Å². The lowest BCUT2D eigenvalue weighted by molar-refractivity contribution is 0.317. The fourth-order valence-corrected chi connectivity index (χ4v) is 2.27. The molecule has 1 aliphatic rings. The first kappa shape index (κ1) is 14.4. The van der Waals surface area contributed by atoms with Crippen LogP contribution in [0.3, 0.4) is 0 Å². The van der Waals surface area contributed by atoms with Crippen LogP contribution in [-0.2, 0) is 0 Å². The molecule has 1 aromatic heterocycles. The summed E-state index contributed by atoms with van der Waals surface area (Å²) >= 11 is 0. The van der Waals surface area contributed by atoms with Gasteiger partial charge in [0, 0.05) is 6.04 Å². The van der Waals surface area contributed by atoms with Gasteiger partial charge in [-0.25, -0.2) is 4.79 Å². The number of hydrogen-bond donors (Lipinski definition) is 1. The van der Waals surface area contributed by atoms with E-state index in [1.54, 1.807) is 10.8 Å². The standard InChI is InChI=1S/C16H19N3O3/c1-4-8-21-11-6-5-7-12-14(11)17-15-13(22-12)9-19(10(2)3)16(20)18-15/h5-7,9-10H,4,8H2,1-3H3,(H,17,18,20). The van der Waals surface area contributed by atoms with E-state index >= 15 is 0 Å². The summed E-state index contributed by atoms with van der Waals surface area (Å²) in [5.74, 6) is 2.31. The van der Waals surface area contributed by atoms with Gasteiger partial charge in [-0.3, -0.25) is 4.57 Å². The third-order valence-electron chi connectivity index (χ3n) is 3.39. The van der Waals surface area contributed by atoms with E-state index in [1.807, 2.05) is 39.0 Å². The topological polar surface area (TPSA) is 65.4 Å². The van der Waals surface area contributed by atoms with Crippen LogP contribution >= 0.6 is 0 Å². The van der Waals surface area contributed by atoms with Crippen LogP contribution in [0.4, 0.5) is 11.5 Å². The molecule has 0 amide bonds. The molecule has 1 N–H and O–H groups in total. The Kier molecular flexibility index (Phi) is 3.75. The van der Waals surface area contributed by atoms with Crippen molar-refractivity contribution < 1.29 is 9.47 Å². The number of nitrogens with one attached hydrogen (secondary N) is 1. The van der Waals surface area contributed by atoms with Crippen molar-refractivity contribution >= 4 is 11.5 Å². The maximum atomic E-state index is 12.0. The summed E-state index contributed by atoms with van der Waals surface area (Å²) < 4.78 is 13.1. The third-order valence-corrected chi connectivity index (χ3v) is 3.39. The Balaban J connectivity index is 2.00. The minimum atomic E-state index is -0.305. The molecular formula is C16H19N3O3. The molecule has 3 rings (SSSR count). The number of ether oxygens (including phenoxy) is 2. The van der Waals surface area contributed by atoms with E-state index in [0.717, 1.165) is 6.42 Å². The maximum Gasteiger partial charge on any atom is 0.350 e. The molecule has 1 aromatic carbocycles. The predicted octanol–water partition coefficient (Wildman–Crippen LogP) is 3.46. The molecule has 0 radical (unpaired) electrons. The highest BCUT2D eigenvalue weighted by Crippen LogP contribution is 2.45. The lowest BCUT2D eigenvalue weighted by atomic mass is 10.2. The summed E-state index contributed by atoms with van der Waals surface area (Å²) in [5.41, 5.74) is 0.401.